The average molecular weight is 319 g/mol. The number of rotatable bonds is 4. The quantitative estimate of drug-likeness (QED) is 0.800. The van der Waals surface area contributed by atoms with E-state index in [0.29, 0.717) is 10.9 Å². The van der Waals surface area contributed by atoms with Crippen molar-refractivity contribution in [1.82, 2.24) is 4.31 Å². The Labute approximate surface area is 101 Å². The zero-order valence-corrected chi connectivity index (χ0v) is 11.4. The summed E-state index contributed by atoms with van der Waals surface area (Å²) in [6.45, 7) is 0.366. The fourth-order valence-electron chi connectivity index (χ4n) is 0.838. The first-order valence-corrected chi connectivity index (χ1v) is 7.62. The summed E-state index contributed by atoms with van der Waals surface area (Å²) in [7, 11) is -1.63. The molecule has 7 heteroatoms. The van der Waals surface area contributed by atoms with E-state index in [-0.39, 0.29) is 4.66 Å². The minimum absolute atomic E-state index is 0.0599. The molecule has 0 radical (unpaired) electrons. The van der Waals surface area contributed by atoms with Crippen molar-refractivity contribution < 1.29 is 8.42 Å². The molecule has 0 atom stereocenters. The second kappa shape index (κ2) is 4.94. The lowest BCUT2D eigenvalue weighted by Crippen LogP contribution is -2.26. The van der Waals surface area contributed by atoms with Crippen molar-refractivity contribution >= 4 is 48.9 Å². The molecule has 1 aromatic rings. The van der Waals surface area contributed by atoms with Gasteiger partial charge < -0.3 is 0 Å². The molecule has 0 bridgehead atoms. The lowest BCUT2D eigenvalue weighted by molar-refractivity contribution is 0.474. The zero-order valence-electron chi connectivity index (χ0n) is 7.41. The van der Waals surface area contributed by atoms with Gasteiger partial charge in [0, 0.05) is 18.5 Å². The van der Waals surface area contributed by atoms with Crippen LogP contribution in [0.15, 0.2) is 12.1 Å². The number of nitrogens with zero attached hydrogens (tertiary/aromatic N) is 1. The van der Waals surface area contributed by atoms with Crippen LogP contribution in [-0.2, 0) is 16.6 Å². The highest BCUT2D eigenvalue weighted by atomic mass is 79.9. The highest BCUT2D eigenvalue weighted by Crippen LogP contribution is 2.23. The van der Waals surface area contributed by atoms with E-state index in [1.807, 2.05) is 6.07 Å². The molecule has 3 nitrogen and oxygen atoms in total. The van der Waals surface area contributed by atoms with Crippen molar-refractivity contribution in [3.8, 4) is 0 Å². The Bertz CT molecular complexity index is 404. The van der Waals surface area contributed by atoms with Crippen molar-refractivity contribution in [2.45, 2.75) is 6.54 Å². The number of sulfonamides is 1. The molecular weight excluding hydrogens is 310 g/mol. The van der Waals surface area contributed by atoms with Crippen LogP contribution in [0.5, 0.6) is 0 Å². The molecule has 0 saturated heterocycles. The van der Waals surface area contributed by atoms with Crippen molar-refractivity contribution in [2.75, 3.05) is 11.7 Å². The highest BCUT2D eigenvalue weighted by molar-refractivity contribution is 9.10. The fourth-order valence-corrected chi connectivity index (χ4v) is 3.61. The normalized spacial score (nSPS) is 12.3. The van der Waals surface area contributed by atoms with E-state index in [0.717, 1.165) is 4.88 Å². The van der Waals surface area contributed by atoms with Gasteiger partial charge in [0.25, 0.3) is 0 Å². The van der Waals surface area contributed by atoms with Crippen LogP contribution in [0.2, 0.25) is 4.34 Å². The zero-order chi connectivity index (χ0) is 10.8. The minimum atomic E-state index is -3.17. The standard InChI is InChI=1S/C7H9BrClNO2S2/c1-10(14(11,12)5-8)4-6-2-3-7(9)13-6/h2-3H,4-5H2,1H3. The average Bonchev–Trinajstić information content (AvgIpc) is 2.51. The second-order valence-electron chi connectivity index (χ2n) is 2.68. The Morgan fingerprint density at radius 1 is 1.57 bits per heavy atom. The largest absolute Gasteiger partial charge is 0.224 e. The predicted octanol–water partition coefficient (Wildman–Crippen LogP) is 2.52. The van der Waals surface area contributed by atoms with E-state index in [1.54, 1.807) is 13.1 Å². The Morgan fingerprint density at radius 3 is 2.64 bits per heavy atom. The Hall–Kier alpha value is 0.380. The van der Waals surface area contributed by atoms with Crippen LogP contribution in [0.25, 0.3) is 0 Å². The van der Waals surface area contributed by atoms with E-state index < -0.39 is 10.0 Å². The first-order chi connectivity index (χ1) is 6.45. The third kappa shape index (κ3) is 3.20. The number of halogens is 2. The molecule has 0 fully saturated rings. The summed E-state index contributed by atoms with van der Waals surface area (Å²) in [5.41, 5.74) is 0. The Morgan fingerprint density at radius 2 is 2.21 bits per heavy atom. The molecule has 80 valence electrons. The molecule has 0 unspecified atom stereocenters. The minimum Gasteiger partial charge on any atom is -0.211 e. The van der Waals surface area contributed by atoms with Crippen molar-refractivity contribution in [3.63, 3.8) is 0 Å². The summed E-state index contributed by atoms with van der Waals surface area (Å²) >= 11 is 10.1. The third-order valence-corrected chi connectivity index (χ3v) is 5.93. The van der Waals surface area contributed by atoms with Crippen LogP contribution in [-0.4, -0.2) is 24.4 Å². The summed E-state index contributed by atoms with van der Waals surface area (Å²) in [6.07, 6.45) is 0. The lowest BCUT2D eigenvalue weighted by atomic mass is 10.5. The Kier molecular flexibility index (Phi) is 4.39. The maximum atomic E-state index is 11.4. The molecule has 0 N–H and O–H groups in total. The lowest BCUT2D eigenvalue weighted by Gasteiger charge is -2.13. The molecule has 0 saturated carbocycles. The van der Waals surface area contributed by atoms with Crippen LogP contribution in [0, 0.1) is 0 Å². The van der Waals surface area contributed by atoms with E-state index in [4.69, 9.17) is 11.6 Å². The Balaban J connectivity index is 2.71. The van der Waals surface area contributed by atoms with Crippen molar-refractivity contribution in [2.24, 2.45) is 0 Å². The van der Waals surface area contributed by atoms with Crippen molar-refractivity contribution in [3.05, 3.63) is 21.3 Å². The molecule has 0 aliphatic rings. The van der Waals surface area contributed by atoms with Gasteiger partial charge >= 0.3 is 0 Å². The molecule has 0 aliphatic heterocycles. The second-order valence-corrected chi connectivity index (χ2v) is 7.86. The van der Waals surface area contributed by atoms with Gasteiger partial charge in [0.1, 0.15) is 4.66 Å². The van der Waals surface area contributed by atoms with Gasteiger partial charge in [-0.25, -0.2) is 8.42 Å². The molecule has 1 heterocycles. The smallest absolute Gasteiger partial charge is 0.211 e. The predicted molar refractivity (Wildman–Crippen MR) is 63.5 cm³/mol. The summed E-state index contributed by atoms with van der Waals surface area (Å²) in [5, 5.41) is 0. The molecular formula is C7H9BrClNO2S2. The summed E-state index contributed by atoms with van der Waals surface area (Å²) in [5.74, 6) is 0. The van der Waals surface area contributed by atoms with Crippen LogP contribution >= 0.6 is 38.9 Å². The molecule has 0 amide bonds. The fraction of sp³-hybridized carbons (Fsp3) is 0.429. The van der Waals surface area contributed by atoms with Gasteiger partial charge in [0.05, 0.1) is 4.34 Å². The van der Waals surface area contributed by atoms with E-state index >= 15 is 0 Å². The third-order valence-electron chi connectivity index (χ3n) is 1.62. The maximum absolute atomic E-state index is 11.4. The summed E-state index contributed by atoms with van der Waals surface area (Å²) in [6, 6.07) is 3.59. The molecule has 0 spiro atoms. The number of alkyl halides is 1. The molecule has 0 aromatic carbocycles. The highest BCUT2D eigenvalue weighted by Gasteiger charge is 2.16. The van der Waals surface area contributed by atoms with Crippen LogP contribution in [0.4, 0.5) is 0 Å². The molecule has 1 rings (SSSR count). The van der Waals surface area contributed by atoms with E-state index in [2.05, 4.69) is 15.9 Å². The van der Waals surface area contributed by atoms with Gasteiger partial charge in [-0.05, 0) is 12.1 Å². The number of hydrogen-bond donors (Lipinski definition) is 0. The van der Waals surface area contributed by atoms with Crippen molar-refractivity contribution in [1.29, 1.82) is 0 Å². The van der Waals surface area contributed by atoms with Gasteiger partial charge in [-0.2, -0.15) is 4.31 Å². The summed E-state index contributed by atoms with van der Waals surface area (Å²) < 4.78 is 24.6. The molecule has 1 aromatic heterocycles. The maximum Gasteiger partial charge on any atom is 0.224 e. The number of hydrogen-bond acceptors (Lipinski definition) is 3. The first-order valence-electron chi connectivity index (χ1n) is 3.70. The van der Waals surface area contributed by atoms with Gasteiger partial charge in [0.2, 0.25) is 10.0 Å². The van der Waals surface area contributed by atoms with E-state index in [9.17, 15) is 8.42 Å². The van der Waals surface area contributed by atoms with Crippen LogP contribution in [0.3, 0.4) is 0 Å². The van der Waals surface area contributed by atoms with Gasteiger partial charge in [-0.1, -0.05) is 27.5 Å². The molecule has 14 heavy (non-hydrogen) atoms. The first kappa shape index (κ1) is 12.4. The SMILES string of the molecule is CN(Cc1ccc(Cl)s1)S(=O)(=O)CBr. The summed E-state index contributed by atoms with van der Waals surface area (Å²) in [4.78, 5) is 0.932. The van der Waals surface area contributed by atoms with Gasteiger partial charge in [-0.3, -0.25) is 0 Å². The monoisotopic (exact) mass is 317 g/mol. The molecule has 0 aliphatic carbocycles. The topological polar surface area (TPSA) is 37.4 Å². The van der Waals surface area contributed by atoms with Gasteiger partial charge in [0.15, 0.2) is 0 Å². The number of thiophene rings is 1. The van der Waals surface area contributed by atoms with Gasteiger partial charge in [-0.15, -0.1) is 11.3 Å². The van der Waals surface area contributed by atoms with Crippen LogP contribution < -0.4 is 0 Å². The van der Waals surface area contributed by atoms with Crippen LogP contribution in [0.1, 0.15) is 4.88 Å². The van der Waals surface area contributed by atoms with E-state index in [1.165, 1.54) is 15.6 Å².